The molecule has 0 aliphatic rings. The predicted octanol–water partition coefficient (Wildman–Crippen LogP) is -18.0. The zero-order valence-corrected chi connectivity index (χ0v) is 12.1. The summed E-state index contributed by atoms with van der Waals surface area (Å²) in [5.74, 6) is 0. The Kier molecular flexibility index (Phi) is 1180. The van der Waals surface area contributed by atoms with Crippen molar-refractivity contribution in [2.24, 2.45) is 0 Å². The molecule has 0 rings (SSSR count). The van der Waals surface area contributed by atoms with Crippen molar-refractivity contribution < 1.29 is 119 Å². The van der Waals surface area contributed by atoms with Crippen molar-refractivity contribution >= 4 is 0 Å². The third-order valence-electron chi connectivity index (χ3n) is 0. The van der Waals surface area contributed by atoms with Crippen LogP contribution in [-0.4, -0.2) is 0 Å². The van der Waals surface area contributed by atoms with Crippen LogP contribution in [0.4, 0.5) is 0 Å². The third-order valence-corrected chi connectivity index (χ3v) is 0. The second-order valence-electron chi connectivity index (χ2n) is 0. The van der Waals surface area contributed by atoms with Crippen LogP contribution in [0.3, 0.4) is 0 Å². The Morgan fingerprint density at radius 2 is 0.250 bits per heavy atom. The van der Waals surface area contributed by atoms with E-state index in [1.54, 1.807) is 0 Å². The first-order valence-corrected chi connectivity index (χ1v) is 0. The van der Waals surface area contributed by atoms with Gasteiger partial charge < -0.3 is 74.4 Å². The average Bonchev–Trinajstić information content (AvgIpc) is 0. The van der Waals surface area contributed by atoms with Crippen molar-refractivity contribution in [2.75, 3.05) is 0 Å². The second kappa shape index (κ2) is 83.8. The maximum absolute atomic E-state index is 0. The smallest absolute Gasteiger partial charge is 1.00 e. The van der Waals surface area contributed by atoms with E-state index in [1.165, 1.54) is 0 Å². The molecule has 8 heavy (non-hydrogen) atoms. The minimum atomic E-state index is 0. The number of rotatable bonds is 0. The van der Waals surface area contributed by atoms with Crippen LogP contribution in [0.5, 0.6) is 0 Å². The maximum Gasteiger partial charge on any atom is 3.00 e. The van der Waals surface area contributed by atoms with Crippen molar-refractivity contribution in [3.05, 3.63) is 0 Å². The Labute approximate surface area is 118 Å². The molecule has 0 saturated heterocycles. The fourth-order valence-corrected chi connectivity index (χ4v) is 0. The Morgan fingerprint density at radius 1 is 0.250 bits per heavy atom. The first kappa shape index (κ1) is 113. The van der Waals surface area contributed by atoms with Gasteiger partial charge in [0.25, 0.3) is 0 Å². The minimum absolute atomic E-state index is 0. The monoisotopic (exact) mass is 396 g/mol. The van der Waals surface area contributed by atoms with Crippen LogP contribution in [0, 0.1) is 0 Å². The molecular formula is Cl6Nb2. The average molecular weight is 399 g/mol. The molecule has 0 nitrogen and oxygen atoms in total. The summed E-state index contributed by atoms with van der Waals surface area (Å²) in [4.78, 5) is 0. The molecule has 0 aromatic carbocycles. The summed E-state index contributed by atoms with van der Waals surface area (Å²) in [7, 11) is 0. The van der Waals surface area contributed by atoms with E-state index in [0.29, 0.717) is 0 Å². The van der Waals surface area contributed by atoms with Crippen LogP contribution in [0.1, 0.15) is 0 Å². The summed E-state index contributed by atoms with van der Waals surface area (Å²) in [6, 6.07) is 0. The summed E-state index contributed by atoms with van der Waals surface area (Å²) >= 11 is 0. The van der Waals surface area contributed by atoms with Gasteiger partial charge in [0.15, 0.2) is 0 Å². The molecule has 0 spiro atoms. The van der Waals surface area contributed by atoms with Crippen LogP contribution in [-0.2, 0) is 44.8 Å². The Bertz CT molecular complexity index is 6.49. The van der Waals surface area contributed by atoms with Gasteiger partial charge in [-0.05, 0) is 0 Å². The third kappa shape index (κ3) is 60.1. The first-order valence-electron chi connectivity index (χ1n) is 0. The van der Waals surface area contributed by atoms with Gasteiger partial charge in [-0.2, -0.15) is 0 Å². The van der Waals surface area contributed by atoms with E-state index < -0.39 is 0 Å². The van der Waals surface area contributed by atoms with Gasteiger partial charge >= 0.3 is 44.8 Å². The van der Waals surface area contributed by atoms with Gasteiger partial charge in [-0.3, -0.25) is 0 Å². The fourth-order valence-electron chi connectivity index (χ4n) is 0. The predicted molar refractivity (Wildman–Crippen MR) is 0 cm³/mol. The molecule has 8 heteroatoms. The molecule has 0 heterocycles. The van der Waals surface area contributed by atoms with E-state index in [1.807, 2.05) is 0 Å². The second-order valence-corrected chi connectivity index (χ2v) is 0. The number of halogens is 6. The molecule has 0 aromatic rings. The van der Waals surface area contributed by atoms with Crippen molar-refractivity contribution in [3.63, 3.8) is 0 Å². The molecule has 0 unspecified atom stereocenters. The number of hydrogen-bond donors (Lipinski definition) is 0. The van der Waals surface area contributed by atoms with Gasteiger partial charge in [0, 0.05) is 0 Å². The van der Waals surface area contributed by atoms with Crippen LogP contribution in [0.15, 0.2) is 0 Å². The molecule has 0 bridgehead atoms. The van der Waals surface area contributed by atoms with Gasteiger partial charge in [0.2, 0.25) is 0 Å². The van der Waals surface area contributed by atoms with Crippen LogP contribution >= 0.6 is 0 Å². The van der Waals surface area contributed by atoms with E-state index in [4.69, 9.17) is 0 Å². The summed E-state index contributed by atoms with van der Waals surface area (Å²) in [6.07, 6.45) is 0. The van der Waals surface area contributed by atoms with Gasteiger partial charge in [-0.15, -0.1) is 0 Å². The zero-order chi connectivity index (χ0) is 0. The topological polar surface area (TPSA) is 0 Å². The normalized spacial score (nSPS) is 0. The van der Waals surface area contributed by atoms with Crippen molar-refractivity contribution in [3.8, 4) is 0 Å². The van der Waals surface area contributed by atoms with Gasteiger partial charge in [0.1, 0.15) is 0 Å². The van der Waals surface area contributed by atoms with Crippen molar-refractivity contribution in [1.82, 2.24) is 0 Å². The van der Waals surface area contributed by atoms with E-state index in [2.05, 4.69) is 0 Å². The van der Waals surface area contributed by atoms with Crippen LogP contribution < -0.4 is 74.4 Å². The SMILES string of the molecule is [Cl-].[Cl-].[Cl-].[Cl-].[Cl-].[Cl-].[Nb+3].[Nb+3]. The van der Waals surface area contributed by atoms with Crippen molar-refractivity contribution in [2.45, 2.75) is 0 Å². The Morgan fingerprint density at radius 3 is 0.250 bits per heavy atom. The van der Waals surface area contributed by atoms with E-state index in [-0.39, 0.29) is 119 Å². The minimum Gasteiger partial charge on any atom is -1.00 e. The number of hydrogen-bond acceptors (Lipinski definition) is 0. The van der Waals surface area contributed by atoms with Gasteiger partial charge in [0.05, 0.1) is 0 Å². The molecule has 0 aliphatic carbocycles. The standard InChI is InChI=1S/6ClH.2Nb/h6*1H;;/q;;;;;;2*+3/p-6. The molecule has 0 saturated carbocycles. The molecule has 0 amide bonds. The summed E-state index contributed by atoms with van der Waals surface area (Å²) in [6.45, 7) is 0. The molecule has 0 atom stereocenters. The van der Waals surface area contributed by atoms with Crippen molar-refractivity contribution in [1.29, 1.82) is 0 Å². The zero-order valence-electron chi connectivity index (χ0n) is 3.16. The fraction of sp³-hybridized carbons (Fsp3) is 0. The maximum atomic E-state index is 0. The summed E-state index contributed by atoms with van der Waals surface area (Å²) < 4.78 is 0. The Hall–Kier alpha value is 3.22. The van der Waals surface area contributed by atoms with Gasteiger partial charge in [-0.25, -0.2) is 0 Å². The molecular weight excluding hydrogens is 399 g/mol. The molecule has 0 N–H and O–H groups in total. The van der Waals surface area contributed by atoms with E-state index >= 15 is 0 Å². The van der Waals surface area contributed by atoms with Crippen LogP contribution in [0.25, 0.3) is 0 Å². The summed E-state index contributed by atoms with van der Waals surface area (Å²) in [5, 5.41) is 0. The van der Waals surface area contributed by atoms with E-state index in [9.17, 15) is 0 Å². The van der Waals surface area contributed by atoms with Crippen LogP contribution in [0.2, 0.25) is 0 Å². The molecule has 52 valence electrons. The largest absolute Gasteiger partial charge is 3.00 e. The Balaban J connectivity index is 0. The van der Waals surface area contributed by atoms with Gasteiger partial charge in [-0.1, -0.05) is 0 Å². The quantitative estimate of drug-likeness (QED) is 0.356. The molecule has 0 radical (unpaired) electrons. The molecule has 0 aliphatic heterocycles. The molecule has 0 fully saturated rings. The molecule has 0 aromatic heterocycles. The van der Waals surface area contributed by atoms with E-state index in [0.717, 1.165) is 0 Å². The first-order chi connectivity index (χ1) is 0. The summed E-state index contributed by atoms with van der Waals surface area (Å²) in [5.41, 5.74) is 0.